The summed E-state index contributed by atoms with van der Waals surface area (Å²) in [4.78, 5) is 25.2. The van der Waals surface area contributed by atoms with Crippen LogP contribution in [0.5, 0.6) is 5.75 Å². The fraction of sp³-hybridized carbons (Fsp3) is 0.321. The van der Waals surface area contributed by atoms with Gasteiger partial charge in [-0.3, -0.25) is 4.79 Å². The van der Waals surface area contributed by atoms with Crippen LogP contribution in [0.25, 0.3) is 0 Å². The van der Waals surface area contributed by atoms with Crippen LogP contribution in [-0.4, -0.2) is 76.6 Å². The van der Waals surface area contributed by atoms with E-state index in [0.29, 0.717) is 35.0 Å². The molecule has 2 N–H and O–H groups in total. The molecule has 0 spiro atoms. The van der Waals surface area contributed by atoms with Crippen molar-refractivity contribution in [2.45, 2.75) is 19.9 Å². The molecule has 0 saturated carbocycles. The summed E-state index contributed by atoms with van der Waals surface area (Å²) in [6.45, 7) is 8.69. The maximum Gasteiger partial charge on any atom is 0.332 e. The molecule has 0 unspecified atom stereocenters. The third-order valence-corrected chi connectivity index (χ3v) is 8.40. The van der Waals surface area contributed by atoms with E-state index in [2.05, 4.69) is 32.1 Å². The van der Waals surface area contributed by atoms with Crippen molar-refractivity contribution in [3.8, 4) is 5.75 Å². The molecule has 2 heterocycles. The van der Waals surface area contributed by atoms with E-state index in [0.717, 1.165) is 12.2 Å². The van der Waals surface area contributed by atoms with Crippen molar-refractivity contribution in [2.75, 3.05) is 65.5 Å². The number of anilines is 7. The van der Waals surface area contributed by atoms with Crippen LogP contribution < -0.4 is 28.9 Å². The first kappa shape index (κ1) is 29.6. The van der Waals surface area contributed by atoms with Crippen LogP contribution in [0.1, 0.15) is 13.8 Å². The smallest absolute Gasteiger partial charge is 0.332 e. The molecule has 0 radical (unpaired) electrons. The van der Waals surface area contributed by atoms with Crippen LogP contribution >= 0.6 is 0 Å². The maximum absolute atomic E-state index is 13.6. The average molecular weight is 581 g/mol. The Morgan fingerprint density at radius 1 is 1.10 bits per heavy atom. The summed E-state index contributed by atoms with van der Waals surface area (Å²) in [5.74, 6) is 0.435. The number of nitrogens with one attached hydrogen (secondary N) is 2. The number of ether oxygens (including phenoxy) is 1. The van der Waals surface area contributed by atoms with Crippen molar-refractivity contribution >= 4 is 56.3 Å². The number of hydrogen-bond donors (Lipinski definition) is 2. The molecule has 0 aliphatic carbocycles. The van der Waals surface area contributed by atoms with Gasteiger partial charge in [0.05, 0.1) is 35.5 Å². The molecule has 4 rings (SSSR count). The van der Waals surface area contributed by atoms with Gasteiger partial charge in [-0.15, -0.1) is 0 Å². The van der Waals surface area contributed by atoms with Gasteiger partial charge in [0.2, 0.25) is 11.9 Å². The quantitative estimate of drug-likeness (QED) is 0.324. The molecule has 218 valence electrons. The van der Waals surface area contributed by atoms with E-state index < -0.39 is 10.2 Å². The SMILES string of the molecule is C=CC(=O)Nc1cc(Nc2nccc(N3c4ccccc4N(C(C)C)S3(=O)=O)n2)c(OC)cc1N(C)CCN(C)C. The number of carbonyl (C=O) groups excluding carboxylic acids is 1. The van der Waals surface area contributed by atoms with Gasteiger partial charge in [-0.05, 0) is 52.2 Å². The Labute approximate surface area is 241 Å². The molecule has 3 aromatic rings. The number of hydrogen-bond acceptors (Lipinski definition) is 9. The van der Waals surface area contributed by atoms with Crippen molar-refractivity contribution in [2.24, 2.45) is 0 Å². The molecule has 2 aromatic carbocycles. The highest BCUT2D eigenvalue weighted by Crippen LogP contribution is 2.46. The second kappa shape index (κ2) is 12.0. The molecule has 0 saturated heterocycles. The van der Waals surface area contributed by atoms with Crippen molar-refractivity contribution in [1.29, 1.82) is 0 Å². The van der Waals surface area contributed by atoms with Crippen LogP contribution in [-0.2, 0) is 15.0 Å². The number of carbonyl (C=O) groups is 1. The molecule has 13 heteroatoms. The van der Waals surface area contributed by atoms with Gasteiger partial charge in [0.15, 0.2) is 5.82 Å². The topological polar surface area (TPSA) is 123 Å². The molecule has 1 amide bonds. The second-order valence-corrected chi connectivity index (χ2v) is 11.7. The van der Waals surface area contributed by atoms with E-state index in [9.17, 15) is 13.2 Å². The van der Waals surface area contributed by atoms with Gasteiger partial charge in [0, 0.05) is 44.5 Å². The number of amides is 1. The van der Waals surface area contributed by atoms with E-state index in [1.165, 1.54) is 28.0 Å². The zero-order valence-electron chi connectivity index (χ0n) is 24.1. The van der Waals surface area contributed by atoms with Crippen LogP contribution in [0.3, 0.4) is 0 Å². The fourth-order valence-electron chi connectivity index (χ4n) is 4.49. The summed E-state index contributed by atoms with van der Waals surface area (Å²) >= 11 is 0. The first-order valence-electron chi connectivity index (χ1n) is 13.0. The minimum absolute atomic E-state index is 0.145. The summed E-state index contributed by atoms with van der Waals surface area (Å²) in [6.07, 6.45) is 2.68. The number of para-hydroxylation sites is 2. The Hall–Kier alpha value is -4.36. The lowest BCUT2D eigenvalue weighted by Gasteiger charge is -2.26. The van der Waals surface area contributed by atoms with Crippen molar-refractivity contribution in [3.05, 3.63) is 61.3 Å². The monoisotopic (exact) mass is 580 g/mol. The minimum Gasteiger partial charge on any atom is -0.494 e. The lowest BCUT2D eigenvalue weighted by Crippen LogP contribution is -2.39. The molecule has 1 aliphatic heterocycles. The van der Waals surface area contributed by atoms with Crippen molar-refractivity contribution in [1.82, 2.24) is 14.9 Å². The third-order valence-electron chi connectivity index (χ3n) is 6.44. The van der Waals surface area contributed by atoms with Gasteiger partial charge in [-0.25, -0.2) is 13.6 Å². The van der Waals surface area contributed by atoms with Crippen molar-refractivity contribution < 1.29 is 17.9 Å². The zero-order chi connectivity index (χ0) is 29.9. The summed E-state index contributed by atoms with van der Waals surface area (Å²) in [5.41, 5.74) is 2.82. The predicted octanol–water partition coefficient (Wildman–Crippen LogP) is 3.96. The number of benzene rings is 2. The number of nitrogens with zero attached hydrogens (tertiary/aromatic N) is 6. The standard InChI is InChI=1S/C28H36N8O4S/c1-8-27(37)30-20-17-21(25(40-7)18-24(20)34(6)16-15-33(4)5)31-28-29-14-13-26(32-28)36-23-12-10-9-11-22(23)35(19(2)3)41(36,38)39/h8-14,17-19H,1,15-16H2,2-7H3,(H,30,37)(H,29,31,32). The van der Waals surface area contributed by atoms with Gasteiger partial charge in [0.25, 0.3) is 0 Å². The zero-order valence-corrected chi connectivity index (χ0v) is 24.9. The lowest BCUT2D eigenvalue weighted by molar-refractivity contribution is -0.111. The molecular weight excluding hydrogens is 544 g/mol. The average Bonchev–Trinajstić information content (AvgIpc) is 3.17. The minimum atomic E-state index is -3.93. The number of rotatable bonds is 11. The van der Waals surface area contributed by atoms with Gasteiger partial charge in [-0.1, -0.05) is 18.7 Å². The molecular formula is C28H36N8O4S. The second-order valence-electron chi connectivity index (χ2n) is 10.0. The molecule has 0 fully saturated rings. The predicted molar refractivity (Wildman–Crippen MR) is 164 cm³/mol. The summed E-state index contributed by atoms with van der Waals surface area (Å²) < 4.78 is 35.5. The summed E-state index contributed by atoms with van der Waals surface area (Å²) in [6, 6.07) is 11.9. The molecule has 0 atom stereocenters. The molecule has 12 nitrogen and oxygen atoms in total. The Balaban J connectivity index is 1.73. The Bertz CT molecular complexity index is 1540. The van der Waals surface area contributed by atoms with Crippen LogP contribution in [0.4, 0.5) is 40.2 Å². The molecule has 1 aromatic heterocycles. The highest BCUT2D eigenvalue weighted by Gasteiger charge is 2.43. The van der Waals surface area contributed by atoms with Crippen LogP contribution in [0.2, 0.25) is 0 Å². The van der Waals surface area contributed by atoms with E-state index in [1.807, 2.05) is 46.0 Å². The highest BCUT2D eigenvalue weighted by molar-refractivity contribution is 7.95. The van der Waals surface area contributed by atoms with Gasteiger partial charge in [-0.2, -0.15) is 13.4 Å². The molecule has 41 heavy (non-hydrogen) atoms. The largest absolute Gasteiger partial charge is 0.494 e. The summed E-state index contributed by atoms with van der Waals surface area (Å²) in [7, 11) is 3.51. The van der Waals surface area contributed by atoms with E-state index in [4.69, 9.17) is 4.74 Å². The van der Waals surface area contributed by atoms with E-state index >= 15 is 0 Å². The van der Waals surface area contributed by atoms with Gasteiger partial charge >= 0.3 is 10.2 Å². The highest BCUT2D eigenvalue weighted by atomic mass is 32.2. The van der Waals surface area contributed by atoms with Crippen LogP contribution in [0.15, 0.2) is 61.3 Å². The first-order valence-corrected chi connectivity index (χ1v) is 14.4. The van der Waals surface area contributed by atoms with E-state index in [-0.39, 0.29) is 23.7 Å². The summed E-state index contributed by atoms with van der Waals surface area (Å²) in [5, 5.41) is 5.99. The molecule has 0 bridgehead atoms. The Morgan fingerprint density at radius 2 is 1.80 bits per heavy atom. The Morgan fingerprint density at radius 3 is 2.44 bits per heavy atom. The lowest BCUT2D eigenvalue weighted by atomic mass is 10.2. The fourth-order valence-corrected chi connectivity index (χ4v) is 6.35. The van der Waals surface area contributed by atoms with Gasteiger partial charge < -0.3 is 25.2 Å². The Kier molecular flexibility index (Phi) is 8.69. The first-order chi connectivity index (χ1) is 19.5. The molecule has 1 aliphatic rings. The van der Waals surface area contributed by atoms with Crippen molar-refractivity contribution in [3.63, 3.8) is 0 Å². The maximum atomic E-state index is 13.6. The number of aromatic nitrogens is 2. The number of likely N-dealkylation sites (N-methyl/N-ethyl adjacent to an activating group) is 2. The third kappa shape index (κ3) is 6.05. The van der Waals surface area contributed by atoms with Crippen LogP contribution in [0, 0.1) is 0 Å². The van der Waals surface area contributed by atoms with E-state index in [1.54, 1.807) is 36.4 Å². The van der Waals surface area contributed by atoms with Gasteiger partial charge in [0.1, 0.15) is 5.75 Å². The normalized spacial score (nSPS) is 13.8. The number of methoxy groups -OCH3 is 1. The number of fused-ring (bicyclic) bond motifs is 1.